The van der Waals surface area contributed by atoms with Crippen molar-refractivity contribution in [1.82, 2.24) is 5.32 Å². The van der Waals surface area contributed by atoms with Crippen molar-refractivity contribution in [1.29, 1.82) is 0 Å². The van der Waals surface area contributed by atoms with Crippen molar-refractivity contribution in [3.63, 3.8) is 0 Å². The summed E-state index contributed by atoms with van der Waals surface area (Å²) in [5.41, 5.74) is 3.56. The minimum absolute atomic E-state index is 0.135. The first-order valence-electron chi connectivity index (χ1n) is 10.4. The fraction of sp³-hybridized carbons (Fsp3) is 0.435. The van der Waals surface area contributed by atoms with Crippen LogP contribution in [0.25, 0.3) is 0 Å². The number of sulfonamides is 1. The highest BCUT2D eigenvalue weighted by Crippen LogP contribution is 2.27. The quantitative estimate of drug-likeness (QED) is 0.716. The normalized spacial score (nSPS) is 15.7. The number of amides is 1. The van der Waals surface area contributed by atoms with Crippen LogP contribution in [0.15, 0.2) is 42.5 Å². The summed E-state index contributed by atoms with van der Waals surface area (Å²) < 4.78 is 39.9. The van der Waals surface area contributed by atoms with Gasteiger partial charge in [-0.25, -0.2) is 12.8 Å². The largest absolute Gasteiger partial charge is 0.347 e. The number of fused-ring (bicyclic) bond motifs is 1. The summed E-state index contributed by atoms with van der Waals surface area (Å²) in [6.45, 7) is 3.45. The summed E-state index contributed by atoms with van der Waals surface area (Å²) in [5.74, 6) is -1.16. The highest BCUT2D eigenvalue weighted by atomic mass is 32.2. The average Bonchev–Trinajstić information content (AvgIpc) is 2.72. The zero-order valence-electron chi connectivity index (χ0n) is 17.7. The van der Waals surface area contributed by atoms with Gasteiger partial charge in [0.05, 0.1) is 18.0 Å². The fourth-order valence-corrected chi connectivity index (χ4v) is 5.27. The van der Waals surface area contributed by atoms with Crippen LogP contribution in [-0.2, 0) is 27.7 Å². The molecule has 2 aromatic rings. The van der Waals surface area contributed by atoms with Crippen LogP contribution in [0.5, 0.6) is 0 Å². The summed E-state index contributed by atoms with van der Waals surface area (Å²) >= 11 is 0. The highest BCUT2D eigenvalue weighted by molar-refractivity contribution is 7.92. The number of halogens is 1. The summed E-state index contributed by atoms with van der Waals surface area (Å²) in [4.78, 5) is 13.0. The minimum atomic E-state index is -3.87. The summed E-state index contributed by atoms with van der Waals surface area (Å²) in [5, 5.41) is 2.96. The second kappa shape index (κ2) is 9.16. The molecule has 0 aromatic heterocycles. The minimum Gasteiger partial charge on any atom is -0.347 e. The number of nitrogens with zero attached hydrogens (tertiary/aromatic N) is 1. The Labute approximate surface area is 178 Å². The lowest BCUT2D eigenvalue weighted by atomic mass is 9.88. The zero-order chi connectivity index (χ0) is 21.9. The SMILES string of the molecule is CC[C@@H](NC(=O)[C@@H](C)N(c1ccccc1F)S(C)(=O)=O)c1ccc2c(c1)CCCC2. The van der Waals surface area contributed by atoms with Crippen molar-refractivity contribution >= 4 is 21.6 Å². The predicted octanol–water partition coefficient (Wildman–Crippen LogP) is 4.13. The third-order valence-corrected chi connectivity index (χ3v) is 6.91. The number of carbonyl (C=O) groups is 1. The number of hydrogen-bond donors (Lipinski definition) is 1. The molecule has 5 nitrogen and oxygen atoms in total. The molecule has 162 valence electrons. The van der Waals surface area contributed by atoms with Crippen molar-refractivity contribution in [2.24, 2.45) is 0 Å². The molecule has 2 atom stereocenters. The van der Waals surface area contributed by atoms with E-state index in [4.69, 9.17) is 0 Å². The molecule has 2 aromatic carbocycles. The topological polar surface area (TPSA) is 66.5 Å². The predicted molar refractivity (Wildman–Crippen MR) is 117 cm³/mol. The third kappa shape index (κ3) is 4.83. The lowest BCUT2D eigenvalue weighted by molar-refractivity contribution is -0.122. The molecule has 3 rings (SSSR count). The lowest BCUT2D eigenvalue weighted by Crippen LogP contribution is -2.49. The van der Waals surface area contributed by atoms with Gasteiger partial charge in [0.15, 0.2) is 0 Å². The Morgan fingerprint density at radius 3 is 2.43 bits per heavy atom. The van der Waals surface area contributed by atoms with Crippen molar-refractivity contribution < 1.29 is 17.6 Å². The van der Waals surface area contributed by atoms with Crippen LogP contribution in [-0.4, -0.2) is 26.6 Å². The first-order valence-corrected chi connectivity index (χ1v) is 12.2. The Balaban J connectivity index is 1.84. The molecule has 1 aliphatic carbocycles. The fourth-order valence-electron chi connectivity index (χ4n) is 4.09. The molecule has 0 fully saturated rings. The van der Waals surface area contributed by atoms with E-state index in [1.165, 1.54) is 49.1 Å². The number of benzene rings is 2. The molecule has 7 heteroatoms. The molecular formula is C23H29FN2O3S. The van der Waals surface area contributed by atoms with Gasteiger partial charge in [0.2, 0.25) is 15.9 Å². The van der Waals surface area contributed by atoms with Gasteiger partial charge in [0.25, 0.3) is 0 Å². The van der Waals surface area contributed by atoms with Gasteiger partial charge in [-0.2, -0.15) is 0 Å². The molecule has 0 heterocycles. The number of anilines is 1. The summed E-state index contributed by atoms with van der Waals surface area (Å²) in [6.07, 6.45) is 6.14. The van der Waals surface area contributed by atoms with Gasteiger partial charge in [-0.3, -0.25) is 9.10 Å². The number of para-hydroxylation sites is 1. The number of nitrogens with one attached hydrogen (secondary N) is 1. The first kappa shape index (κ1) is 22.3. The Kier molecular flexibility index (Phi) is 6.81. The summed E-state index contributed by atoms with van der Waals surface area (Å²) in [6, 6.07) is 10.5. The van der Waals surface area contributed by atoms with E-state index in [0.717, 1.165) is 29.0 Å². The second-order valence-electron chi connectivity index (χ2n) is 7.89. The molecule has 0 radical (unpaired) electrons. The van der Waals surface area contributed by atoms with E-state index in [1.54, 1.807) is 6.07 Å². The Morgan fingerprint density at radius 1 is 1.13 bits per heavy atom. The van der Waals surface area contributed by atoms with Crippen LogP contribution in [0.1, 0.15) is 55.8 Å². The van der Waals surface area contributed by atoms with Crippen LogP contribution < -0.4 is 9.62 Å². The zero-order valence-corrected chi connectivity index (χ0v) is 18.5. The number of carbonyl (C=O) groups excluding carboxylic acids is 1. The van der Waals surface area contributed by atoms with Crippen molar-refractivity contribution in [3.05, 3.63) is 65.0 Å². The molecule has 1 amide bonds. The molecule has 0 spiro atoms. The maximum Gasteiger partial charge on any atom is 0.244 e. The van der Waals surface area contributed by atoms with Crippen molar-refractivity contribution in [3.8, 4) is 0 Å². The van der Waals surface area contributed by atoms with E-state index in [0.29, 0.717) is 6.42 Å². The van der Waals surface area contributed by atoms with E-state index in [9.17, 15) is 17.6 Å². The lowest BCUT2D eigenvalue weighted by Gasteiger charge is -2.30. The number of hydrogen-bond acceptors (Lipinski definition) is 3. The van der Waals surface area contributed by atoms with E-state index < -0.39 is 27.8 Å². The van der Waals surface area contributed by atoms with Gasteiger partial charge in [-0.15, -0.1) is 0 Å². The van der Waals surface area contributed by atoms with Gasteiger partial charge < -0.3 is 5.32 Å². The molecule has 0 unspecified atom stereocenters. The van der Waals surface area contributed by atoms with Gasteiger partial charge in [-0.1, -0.05) is 37.3 Å². The van der Waals surface area contributed by atoms with Crippen molar-refractivity contribution in [2.45, 2.75) is 58.0 Å². The number of rotatable bonds is 7. The average molecular weight is 433 g/mol. The molecular weight excluding hydrogens is 403 g/mol. The second-order valence-corrected chi connectivity index (χ2v) is 9.75. The van der Waals surface area contributed by atoms with E-state index in [-0.39, 0.29) is 11.7 Å². The van der Waals surface area contributed by atoms with Crippen LogP contribution in [0.3, 0.4) is 0 Å². The third-order valence-electron chi connectivity index (χ3n) is 5.68. The van der Waals surface area contributed by atoms with Gasteiger partial charge in [-0.05, 0) is 67.9 Å². The molecule has 0 saturated carbocycles. The van der Waals surface area contributed by atoms with Crippen LogP contribution >= 0.6 is 0 Å². The van der Waals surface area contributed by atoms with Crippen LogP contribution in [0, 0.1) is 5.82 Å². The highest BCUT2D eigenvalue weighted by Gasteiger charge is 2.32. The Morgan fingerprint density at radius 2 is 1.80 bits per heavy atom. The summed E-state index contributed by atoms with van der Waals surface area (Å²) in [7, 11) is -3.87. The molecule has 1 aliphatic rings. The molecule has 0 bridgehead atoms. The Bertz CT molecular complexity index is 1020. The van der Waals surface area contributed by atoms with Crippen LogP contribution in [0.2, 0.25) is 0 Å². The molecule has 0 aliphatic heterocycles. The maximum absolute atomic E-state index is 14.3. The van der Waals surface area contributed by atoms with E-state index in [1.807, 2.05) is 13.0 Å². The molecule has 30 heavy (non-hydrogen) atoms. The van der Waals surface area contributed by atoms with E-state index in [2.05, 4.69) is 17.4 Å². The Hall–Kier alpha value is -2.41. The molecule has 1 N–H and O–H groups in total. The van der Waals surface area contributed by atoms with Gasteiger partial charge in [0.1, 0.15) is 11.9 Å². The monoisotopic (exact) mass is 432 g/mol. The van der Waals surface area contributed by atoms with Crippen LogP contribution in [0.4, 0.5) is 10.1 Å². The first-order chi connectivity index (χ1) is 14.2. The smallest absolute Gasteiger partial charge is 0.244 e. The number of aryl methyl sites for hydroxylation is 2. The van der Waals surface area contributed by atoms with E-state index >= 15 is 0 Å². The molecule has 0 saturated heterocycles. The van der Waals surface area contributed by atoms with Crippen molar-refractivity contribution in [2.75, 3.05) is 10.6 Å². The maximum atomic E-state index is 14.3. The van der Waals surface area contributed by atoms with Gasteiger partial charge >= 0.3 is 0 Å². The van der Waals surface area contributed by atoms with Gasteiger partial charge in [0, 0.05) is 0 Å². The standard InChI is InChI=1S/C23H29FN2O3S/c1-4-21(19-14-13-17-9-5-6-10-18(17)15-19)25-23(27)16(2)26(30(3,28)29)22-12-8-7-11-20(22)24/h7-8,11-16,21H,4-6,9-10H2,1-3H3,(H,25,27)/t16-,21-/m1/s1.